The summed E-state index contributed by atoms with van der Waals surface area (Å²) >= 11 is 11.8. The van der Waals surface area contributed by atoms with Crippen molar-refractivity contribution in [2.75, 3.05) is 60.7 Å². The van der Waals surface area contributed by atoms with Gasteiger partial charge in [0.2, 0.25) is 35.1 Å². The average Bonchev–Trinajstić information content (AvgIpc) is 4.39. The molecule has 2 saturated carbocycles. The number of hydrogen-bond donors (Lipinski definition) is 5. The molecule has 7 heterocycles. The zero-order valence-electron chi connectivity index (χ0n) is 42.9. The number of aromatic nitrogens is 2. The first-order chi connectivity index (χ1) is 38.2. The fraction of sp³-hybridized carbons (Fsp3) is 0.393. The normalized spacial score (nSPS) is 20.4. The largest absolute Gasteiger partial charge is 0.478 e. The van der Waals surface area contributed by atoms with Crippen LogP contribution in [0, 0.1) is 11.8 Å². The van der Waals surface area contributed by atoms with Gasteiger partial charge in [-0.3, -0.25) is 33.6 Å². The maximum absolute atomic E-state index is 13.6. The van der Waals surface area contributed by atoms with E-state index in [0.29, 0.717) is 96.8 Å². The van der Waals surface area contributed by atoms with E-state index in [1.807, 2.05) is 9.80 Å². The number of carboxylic acid groups (broad SMARTS) is 1. The number of fused-ring (bicyclic) bond motifs is 2. The number of carbonyl (C=O) groups is 8. The van der Waals surface area contributed by atoms with Crippen molar-refractivity contribution in [1.29, 1.82) is 0 Å². The lowest BCUT2D eigenvalue weighted by molar-refractivity contribution is -0.131. The molecule has 3 saturated heterocycles. The van der Waals surface area contributed by atoms with Gasteiger partial charge in [0, 0.05) is 91.7 Å². The van der Waals surface area contributed by atoms with E-state index in [0.717, 1.165) is 51.6 Å². The maximum Gasteiger partial charge on any atom is 0.335 e. The number of morpholine rings is 1. The van der Waals surface area contributed by atoms with Crippen LogP contribution in [-0.4, -0.2) is 129 Å². The Morgan fingerprint density at radius 3 is 1.41 bits per heavy atom. The second-order valence-electron chi connectivity index (χ2n) is 20.2. The van der Waals surface area contributed by atoms with Crippen molar-refractivity contribution >= 4 is 115 Å². The molecule has 0 spiro atoms. The first-order valence-electron chi connectivity index (χ1n) is 26.5. The quantitative estimate of drug-likeness (QED) is 0.0766. The number of hydrogen-bond acceptors (Lipinski definition) is 13. The van der Waals surface area contributed by atoms with E-state index >= 15 is 0 Å². The third kappa shape index (κ3) is 12.4. The third-order valence-electron chi connectivity index (χ3n) is 15.3. The fourth-order valence-corrected chi connectivity index (χ4v) is 11.3. The molecule has 0 radical (unpaired) electrons. The van der Waals surface area contributed by atoms with Crippen molar-refractivity contribution in [3.63, 3.8) is 0 Å². The molecular weight excluding hydrogens is 1060 g/mol. The Bertz CT molecular complexity index is 3320. The SMILES string of the molecule is O=C(Nc1ccc(Cl)cn1)c1oc2ccc(C(=O)N3CCOCC3)cc2c1NC(=O)C1CCC(N2CCCC2=O)CC1.O=C(O)c1ccc2oc(C(=O)Nc3ccc(Cl)cn3)c(NC(=O)C3CCC(N4CCCC4=O)CC3)c2c1. The predicted octanol–water partition coefficient (Wildman–Crippen LogP) is 8.88. The Labute approximate surface area is 462 Å². The van der Waals surface area contributed by atoms with Crippen LogP contribution in [0.1, 0.15) is 119 Å². The lowest BCUT2D eigenvalue weighted by Crippen LogP contribution is -2.40. The van der Waals surface area contributed by atoms with Crippen molar-refractivity contribution in [1.82, 2.24) is 24.7 Å². The van der Waals surface area contributed by atoms with E-state index in [1.165, 1.54) is 36.7 Å². The minimum atomic E-state index is -1.15. The minimum Gasteiger partial charge on any atom is -0.478 e. The second kappa shape index (κ2) is 24.0. The van der Waals surface area contributed by atoms with Crippen LogP contribution in [-0.2, 0) is 23.9 Å². The van der Waals surface area contributed by atoms with Crippen LogP contribution in [0.4, 0.5) is 23.0 Å². The highest BCUT2D eigenvalue weighted by molar-refractivity contribution is 6.30. The van der Waals surface area contributed by atoms with E-state index in [-0.39, 0.29) is 99.1 Å². The van der Waals surface area contributed by atoms with Gasteiger partial charge in [-0.2, -0.15) is 0 Å². The molecule has 0 atom stereocenters. The molecule has 0 bridgehead atoms. The zero-order valence-corrected chi connectivity index (χ0v) is 44.4. The van der Waals surface area contributed by atoms with Crippen molar-refractivity contribution < 1.29 is 57.0 Å². The minimum absolute atomic E-state index is 0.00841. The van der Waals surface area contributed by atoms with Crippen LogP contribution in [0.3, 0.4) is 0 Å². The van der Waals surface area contributed by atoms with E-state index in [9.17, 15) is 43.5 Å². The number of rotatable bonds is 12. The van der Waals surface area contributed by atoms with Gasteiger partial charge in [-0.15, -0.1) is 0 Å². The number of benzene rings is 2. The molecule has 21 nitrogen and oxygen atoms in total. The fourth-order valence-electron chi connectivity index (χ4n) is 11.1. The Morgan fingerprint density at radius 2 is 1.00 bits per heavy atom. The summed E-state index contributed by atoms with van der Waals surface area (Å²) in [6.07, 6.45) is 11.2. The molecule has 11 rings (SSSR count). The van der Waals surface area contributed by atoms with Crippen molar-refractivity contribution in [3.05, 3.63) is 106 Å². The predicted molar refractivity (Wildman–Crippen MR) is 291 cm³/mol. The van der Waals surface area contributed by atoms with Gasteiger partial charge in [-0.05, 0) is 125 Å². The summed E-state index contributed by atoms with van der Waals surface area (Å²) in [4.78, 5) is 116. The van der Waals surface area contributed by atoms with Gasteiger partial charge in [-0.1, -0.05) is 23.2 Å². The molecule has 2 aromatic carbocycles. The van der Waals surface area contributed by atoms with Crippen LogP contribution in [0.5, 0.6) is 0 Å². The van der Waals surface area contributed by atoms with Gasteiger partial charge in [0.15, 0.2) is 0 Å². The second-order valence-corrected chi connectivity index (χ2v) is 21.1. The topological polar surface area (TPSA) is 276 Å². The number of likely N-dealkylation sites (tertiary alicyclic amines) is 2. The van der Waals surface area contributed by atoms with E-state index < -0.39 is 17.8 Å². The molecule has 7 amide bonds. The number of carbonyl (C=O) groups excluding carboxylic acids is 7. The lowest BCUT2D eigenvalue weighted by Gasteiger charge is -2.34. The van der Waals surface area contributed by atoms with Gasteiger partial charge in [0.25, 0.3) is 17.7 Å². The monoisotopic (exact) mass is 1120 g/mol. The van der Waals surface area contributed by atoms with Crippen molar-refractivity contribution in [3.8, 4) is 0 Å². The van der Waals surface area contributed by atoms with Gasteiger partial charge in [0.05, 0.1) is 28.8 Å². The number of carboxylic acids is 1. The number of furan rings is 2. The molecule has 6 aromatic rings. The summed E-state index contributed by atoms with van der Waals surface area (Å²) in [5, 5.41) is 22.1. The van der Waals surface area contributed by atoms with E-state index in [1.54, 1.807) is 41.3 Å². The van der Waals surface area contributed by atoms with E-state index in [2.05, 4.69) is 31.2 Å². The molecular formula is C56H57Cl2N9O12. The van der Waals surface area contributed by atoms with Gasteiger partial charge in [-0.25, -0.2) is 14.8 Å². The molecule has 3 aliphatic heterocycles. The highest BCUT2D eigenvalue weighted by atomic mass is 35.5. The van der Waals surface area contributed by atoms with Crippen LogP contribution < -0.4 is 21.3 Å². The number of pyridine rings is 2. The first-order valence-corrected chi connectivity index (χ1v) is 27.2. The smallest absolute Gasteiger partial charge is 0.335 e. The summed E-state index contributed by atoms with van der Waals surface area (Å²) in [6.45, 7) is 3.47. The Balaban J connectivity index is 0.000000180. The molecule has 5 aliphatic rings. The molecule has 2 aliphatic carbocycles. The molecule has 5 N–H and O–H groups in total. The maximum atomic E-state index is 13.6. The summed E-state index contributed by atoms with van der Waals surface area (Å²) in [5.74, 6) is -3.07. The number of amides is 7. The van der Waals surface area contributed by atoms with Crippen LogP contribution in [0.2, 0.25) is 10.0 Å². The van der Waals surface area contributed by atoms with Gasteiger partial charge >= 0.3 is 5.97 Å². The summed E-state index contributed by atoms with van der Waals surface area (Å²) in [7, 11) is 0. The third-order valence-corrected chi connectivity index (χ3v) is 15.7. The highest BCUT2D eigenvalue weighted by Crippen LogP contribution is 2.38. The summed E-state index contributed by atoms with van der Waals surface area (Å²) < 4.78 is 17.1. The number of nitrogens with one attached hydrogen (secondary N) is 4. The van der Waals surface area contributed by atoms with Gasteiger partial charge < -0.3 is 54.6 Å². The number of aromatic carboxylic acids is 1. The standard InChI is InChI=1S/C30H32ClN5O6.C26H25ClN4O6/c31-20-6-10-24(32-17-20)33-29(39)27-26(34-28(38)18-3-7-21(8-4-18)36-11-1-2-25(36)37)22-16-19(5-9-23(22)42-27)30(40)35-12-14-41-15-13-35;27-16-6-10-20(28-13-16)29-25(34)23-22(18-12-15(26(35)36)5-9-19(18)37-23)30-24(33)14-3-7-17(8-4-14)31-11-1-2-21(31)32/h5-6,9-10,16-18,21H,1-4,7-8,11-15H2,(H,34,38)(H,32,33,39);5-6,9-10,12-14,17H,1-4,7-8,11H2,(H,30,33)(H,35,36)(H,28,29,34). The Hall–Kier alpha value is -7.88. The molecule has 79 heavy (non-hydrogen) atoms. The van der Waals surface area contributed by atoms with Gasteiger partial charge in [0.1, 0.15) is 34.2 Å². The summed E-state index contributed by atoms with van der Waals surface area (Å²) in [5.41, 5.74) is 1.33. The molecule has 0 unspecified atom stereocenters. The number of halogens is 2. The lowest BCUT2D eigenvalue weighted by atomic mass is 9.84. The van der Waals surface area contributed by atoms with Crippen LogP contribution in [0.15, 0.2) is 81.9 Å². The summed E-state index contributed by atoms with van der Waals surface area (Å²) in [6, 6.07) is 15.7. The zero-order chi connectivity index (χ0) is 55.3. The first kappa shape index (κ1) is 54.5. The molecule has 4 aromatic heterocycles. The van der Waals surface area contributed by atoms with Crippen LogP contribution in [0.25, 0.3) is 21.9 Å². The molecule has 412 valence electrons. The number of anilines is 4. The number of nitrogens with zero attached hydrogens (tertiary/aromatic N) is 5. The Morgan fingerprint density at radius 1 is 0.557 bits per heavy atom. The average molecular weight is 1120 g/mol. The molecule has 5 fully saturated rings. The highest BCUT2D eigenvalue weighted by Gasteiger charge is 2.37. The Kier molecular flexibility index (Phi) is 16.6. The number of ether oxygens (including phenoxy) is 1. The van der Waals surface area contributed by atoms with E-state index in [4.69, 9.17) is 36.8 Å². The van der Waals surface area contributed by atoms with Crippen molar-refractivity contribution in [2.24, 2.45) is 11.8 Å². The van der Waals surface area contributed by atoms with Crippen molar-refractivity contribution in [2.45, 2.75) is 89.1 Å². The van der Waals surface area contributed by atoms with Crippen LogP contribution >= 0.6 is 23.2 Å². The molecule has 23 heteroatoms.